The molecular weight excluding hydrogens is 508 g/mol. The Bertz CT molecular complexity index is 1100. The highest BCUT2D eigenvalue weighted by Gasteiger charge is 2.58. The van der Waals surface area contributed by atoms with Gasteiger partial charge < -0.3 is 19.7 Å². The van der Waals surface area contributed by atoms with Crippen molar-refractivity contribution < 1.29 is 28.7 Å². The maximum Gasteiger partial charge on any atom is 0.306 e. The number of esters is 1. The van der Waals surface area contributed by atoms with E-state index >= 15 is 0 Å². The minimum atomic E-state index is -0.954. The highest BCUT2D eigenvalue weighted by molar-refractivity contribution is 5.98. The molecule has 40 heavy (non-hydrogen) atoms. The van der Waals surface area contributed by atoms with Crippen LogP contribution in [0.5, 0.6) is 0 Å². The Hall–Kier alpha value is -3.00. The summed E-state index contributed by atoms with van der Waals surface area (Å²) >= 11 is 0. The van der Waals surface area contributed by atoms with Crippen LogP contribution in [0.1, 0.15) is 82.8 Å². The summed E-state index contributed by atoms with van der Waals surface area (Å²) in [5.41, 5.74) is 1.33. The predicted octanol–water partition coefficient (Wildman–Crippen LogP) is 4.29. The Labute approximate surface area is 237 Å². The van der Waals surface area contributed by atoms with Crippen LogP contribution in [0.25, 0.3) is 0 Å². The number of hydrogen-bond donors (Lipinski definition) is 1. The van der Waals surface area contributed by atoms with Crippen LogP contribution >= 0.6 is 0 Å². The summed E-state index contributed by atoms with van der Waals surface area (Å²) in [4.78, 5) is 54.4. The summed E-state index contributed by atoms with van der Waals surface area (Å²) in [5, 5.41) is 2.96. The second-order valence-electron chi connectivity index (χ2n) is 11.6. The average molecular weight is 553 g/mol. The van der Waals surface area contributed by atoms with Gasteiger partial charge in [0.2, 0.25) is 11.8 Å². The van der Waals surface area contributed by atoms with Crippen LogP contribution in [-0.4, -0.2) is 59.3 Å². The molecule has 1 N–H and O–H groups in total. The number of unbranched alkanes of at least 4 members (excludes halogenated alkanes) is 1. The molecule has 3 aliphatic rings. The summed E-state index contributed by atoms with van der Waals surface area (Å²) < 4.78 is 11.8. The van der Waals surface area contributed by atoms with E-state index in [1.807, 2.05) is 19.1 Å². The molecule has 4 rings (SSSR count). The first kappa shape index (κ1) is 30.0. The standard InChI is InChI=1S/C32H44N2O6/c1-4-6-14-25-17-29(36)39-15-9-7-8-11-23-12-10-13-24(16-23)21-40-27-18-28(34(20-27)31(25)38)30(37)33-32(22(3)35)19-26(32)5-2/h5,10,12-13,16,25-28H,2,4,6-9,11,14-15,17-21H2,1,3H3,(H,33,37)/t25-,26-,27-,28+,32+/m1/s1. The molecule has 1 saturated heterocycles. The number of hydrogen-bond acceptors (Lipinski definition) is 6. The molecule has 2 heterocycles. The molecule has 2 amide bonds. The molecule has 4 bridgehead atoms. The lowest BCUT2D eigenvalue weighted by Gasteiger charge is -2.29. The van der Waals surface area contributed by atoms with Gasteiger partial charge in [-0.3, -0.25) is 19.2 Å². The van der Waals surface area contributed by atoms with Crippen molar-refractivity contribution in [3.8, 4) is 0 Å². The zero-order valence-corrected chi connectivity index (χ0v) is 24.0. The topological polar surface area (TPSA) is 102 Å². The van der Waals surface area contributed by atoms with Crippen LogP contribution in [0.2, 0.25) is 0 Å². The number of ether oxygens (including phenoxy) is 2. The highest BCUT2D eigenvalue weighted by atomic mass is 16.5. The summed E-state index contributed by atoms with van der Waals surface area (Å²) in [6.45, 7) is 8.30. The van der Waals surface area contributed by atoms with E-state index in [-0.39, 0.29) is 48.6 Å². The molecule has 2 fully saturated rings. The lowest BCUT2D eigenvalue weighted by atomic mass is 9.96. The third kappa shape index (κ3) is 7.19. The molecule has 0 unspecified atom stereocenters. The fraction of sp³-hybridized carbons (Fsp3) is 0.625. The van der Waals surface area contributed by atoms with Crippen molar-refractivity contribution in [2.75, 3.05) is 13.2 Å². The number of benzene rings is 1. The van der Waals surface area contributed by atoms with Gasteiger partial charge in [0.15, 0.2) is 5.78 Å². The van der Waals surface area contributed by atoms with Gasteiger partial charge in [0.05, 0.1) is 25.7 Å². The first-order chi connectivity index (χ1) is 19.3. The Balaban J connectivity index is 1.58. The molecule has 1 aliphatic carbocycles. The van der Waals surface area contributed by atoms with Gasteiger partial charge in [0, 0.05) is 24.8 Å². The first-order valence-corrected chi connectivity index (χ1v) is 14.9. The zero-order valence-electron chi connectivity index (χ0n) is 24.0. The van der Waals surface area contributed by atoms with Gasteiger partial charge in [0.1, 0.15) is 11.6 Å². The zero-order chi connectivity index (χ0) is 28.7. The molecule has 8 nitrogen and oxygen atoms in total. The maximum atomic E-state index is 13.9. The Morgan fingerprint density at radius 3 is 2.73 bits per heavy atom. The Morgan fingerprint density at radius 2 is 2.00 bits per heavy atom. The SMILES string of the molecule is C=C[C@@H]1C[C@]1(NC(=O)[C@@H]1C[C@@H]2CN1C(=O)[C@H](CCCC)CC(=O)OCCCCCc1cccc(c1)CO2)C(C)=O. The number of aryl methyl sites for hydroxylation is 1. The van der Waals surface area contributed by atoms with Gasteiger partial charge in [-0.05, 0) is 56.6 Å². The van der Waals surface area contributed by atoms with Crippen LogP contribution < -0.4 is 5.32 Å². The molecule has 1 aromatic rings. The largest absolute Gasteiger partial charge is 0.466 e. The number of carbonyl (C=O) groups is 4. The van der Waals surface area contributed by atoms with E-state index in [1.54, 1.807) is 11.0 Å². The van der Waals surface area contributed by atoms with Gasteiger partial charge in [-0.15, -0.1) is 6.58 Å². The number of ketones is 1. The molecule has 0 aromatic heterocycles. The number of cyclic esters (lactones) is 1. The summed E-state index contributed by atoms with van der Waals surface area (Å²) in [6, 6.07) is 7.52. The van der Waals surface area contributed by atoms with E-state index in [2.05, 4.69) is 24.0 Å². The molecule has 1 aromatic carbocycles. The second kappa shape index (κ2) is 13.6. The highest BCUT2D eigenvalue weighted by Crippen LogP contribution is 2.45. The number of amides is 2. The summed E-state index contributed by atoms with van der Waals surface area (Å²) in [5.74, 6) is -1.76. The Morgan fingerprint density at radius 1 is 1.20 bits per heavy atom. The maximum absolute atomic E-state index is 13.9. The number of nitrogens with one attached hydrogen (secondary N) is 1. The molecule has 0 radical (unpaired) electrons. The van der Waals surface area contributed by atoms with E-state index in [0.717, 1.165) is 44.1 Å². The van der Waals surface area contributed by atoms with Crippen LogP contribution in [-0.2, 0) is 41.7 Å². The number of nitrogens with zero attached hydrogens (tertiary/aromatic N) is 1. The molecule has 218 valence electrons. The fourth-order valence-electron chi connectivity index (χ4n) is 6.06. The van der Waals surface area contributed by atoms with Gasteiger partial charge in [0.25, 0.3) is 0 Å². The predicted molar refractivity (Wildman–Crippen MR) is 151 cm³/mol. The molecule has 8 heteroatoms. The van der Waals surface area contributed by atoms with E-state index in [0.29, 0.717) is 32.5 Å². The van der Waals surface area contributed by atoms with E-state index < -0.39 is 17.5 Å². The van der Waals surface area contributed by atoms with Crippen LogP contribution in [0.3, 0.4) is 0 Å². The van der Waals surface area contributed by atoms with Crippen LogP contribution in [0.15, 0.2) is 36.9 Å². The van der Waals surface area contributed by atoms with Gasteiger partial charge >= 0.3 is 5.97 Å². The van der Waals surface area contributed by atoms with Gasteiger partial charge in [-0.25, -0.2) is 0 Å². The average Bonchev–Trinajstić information content (AvgIpc) is 3.49. The van der Waals surface area contributed by atoms with Crippen LogP contribution in [0.4, 0.5) is 0 Å². The van der Waals surface area contributed by atoms with Crippen molar-refractivity contribution in [1.29, 1.82) is 0 Å². The number of fused-ring (bicyclic) bond motifs is 4. The monoisotopic (exact) mass is 552 g/mol. The number of carbonyl (C=O) groups excluding carboxylic acids is 4. The van der Waals surface area contributed by atoms with E-state index in [9.17, 15) is 19.2 Å². The van der Waals surface area contributed by atoms with Gasteiger partial charge in [-0.1, -0.05) is 50.1 Å². The third-order valence-electron chi connectivity index (χ3n) is 8.64. The second-order valence-corrected chi connectivity index (χ2v) is 11.6. The van der Waals surface area contributed by atoms with Crippen molar-refractivity contribution in [3.05, 3.63) is 48.0 Å². The molecule has 2 aliphatic heterocycles. The normalized spacial score (nSPS) is 29.6. The smallest absolute Gasteiger partial charge is 0.306 e. The fourth-order valence-corrected chi connectivity index (χ4v) is 6.06. The summed E-state index contributed by atoms with van der Waals surface area (Å²) in [6.07, 6.45) is 8.09. The van der Waals surface area contributed by atoms with Crippen LogP contribution in [0, 0.1) is 11.8 Å². The third-order valence-corrected chi connectivity index (χ3v) is 8.64. The van der Waals surface area contributed by atoms with E-state index in [4.69, 9.17) is 9.47 Å². The first-order valence-electron chi connectivity index (χ1n) is 14.9. The van der Waals surface area contributed by atoms with Crippen molar-refractivity contribution >= 4 is 23.6 Å². The quantitative estimate of drug-likeness (QED) is 0.400. The Kier molecular flexibility index (Phi) is 10.2. The lowest BCUT2D eigenvalue weighted by Crippen LogP contribution is -2.53. The molecule has 0 spiro atoms. The number of Topliss-reactive ketones (excluding diaryl/α,β-unsaturated/α-hetero) is 1. The van der Waals surface area contributed by atoms with Crippen molar-refractivity contribution in [2.24, 2.45) is 11.8 Å². The van der Waals surface area contributed by atoms with Crippen molar-refractivity contribution in [2.45, 2.75) is 102 Å². The molecular formula is C32H44N2O6. The summed E-state index contributed by atoms with van der Waals surface area (Å²) in [7, 11) is 0. The number of rotatable bonds is 7. The molecule has 5 atom stereocenters. The van der Waals surface area contributed by atoms with Gasteiger partial charge in [-0.2, -0.15) is 0 Å². The van der Waals surface area contributed by atoms with Crippen molar-refractivity contribution in [1.82, 2.24) is 10.2 Å². The van der Waals surface area contributed by atoms with Crippen molar-refractivity contribution in [3.63, 3.8) is 0 Å². The van der Waals surface area contributed by atoms with E-state index in [1.165, 1.54) is 12.5 Å². The minimum absolute atomic E-state index is 0.00428. The minimum Gasteiger partial charge on any atom is -0.466 e. The molecule has 1 saturated carbocycles. The lowest BCUT2D eigenvalue weighted by molar-refractivity contribution is -0.150.